The van der Waals surface area contributed by atoms with E-state index >= 15 is 0 Å². The van der Waals surface area contributed by atoms with E-state index in [-0.39, 0.29) is 0 Å². The van der Waals surface area contributed by atoms with Gasteiger partial charge in [0.05, 0.1) is 0 Å². The zero-order valence-electron chi connectivity index (χ0n) is 53.4. The van der Waals surface area contributed by atoms with Gasteiger partial charge in [-0.1, -0.05) is 289 Å². The minimum absolute atomic E-state index is 1.31. The molecule has 0 heterocycles. The third-order valence-electron chi connectivity index (χ3n) is 16.2. The monoisotopic (exact) mass is 1120 g/mol. The quantitative estimate of drug-likeness (QED) is 0.154. The van der Waals surface area contributed by atoms with Crippen LogP contribution in [0.1, 0.15) is 77.9 Å². The summed E-state index contributed by atoms with van der Waals surface area (Å²) >= 11 is 0. The molecule has 14 rings (SSSR count). The van der Waals surface area contributed by atoms with Crippen LogP contribution < -0.4 is 0 Å². The van der Waals surface area contributed by atoms with E-state index in [9.17, 15) is 0 Å². The van der Waals surface area contributed by atoms with Crippen molar-refractivity contribution in [2.45, 2.75) is 96.9 Å². The van der Waals surface area contributed by atoms with Crippen LogP contribution in [0.25, 0.3) is 75.8 Å². The van der Waals surface area contributed by atoms with Crippen molar-refractivity contribution in [1.29, 1.82) is 0 Å². The van der Waals surface area contributed by atoms with Gasteiger partial charge in [0.1, 0.15) is 0 Å². The van der Waals surface area contributed by atoms with Gasteiger partial charge in [-0.25, -0.2) is 0 Å². The summed E-state index contributed by atoms with van der Waals surface area (Å²) in [7, 11) is 0. The van der Waals surface area contributed by atoms with Gasteiger partial charge in [-0.3, -0.25) is 0 Å². The normalized spacial score (nSPS) is 10.4. The Balaban J connectivity index is 0.000000130. The molecule has 0 atom stereocenters. The molecule has 86 heavy (non-hydrogen) atoms. The molecule has 0 saturated heterocycles. The van der Waals surface area contributed by atoms with E-state index < -0.39 is 0 Å². The maximum Gasteiger partial charge on any atom is -0.0125 e. The fourth-order valence-corrected chi connectivity index (χ4v) is 11.3. The van der Waals surface area contributed by atoms with Gasteiger partial charge in [0.2, 0.25) is 0 Å². The summed E-state index contributed by atoms with van der Waals surface area (Å²) in [5.41, 5.74) is 21.5. The minimum atomic E-state index is 1.31. The van der Waals surface area contributed by atoms with E-state index in [4.69, 9.17) is 0 Å². The predicted octanol–water partition coefficient (Wildman–Crippen LogP) is 24.7. The Hall–Kier alpha value is -9.36. The summed E-state index contributed by atoms with van der Waals surface area (Å²) in [5.74, 6) is 0. The molecule has 0 radical (unpaired) electrons. The van der Waals surface area contributed by atoms with Crippen LogP contribution in [0.15, 0.2) is 267 Å². The highest BCUT2D eigenvalue weighted by atomic mass is 14.1. The molecule has 430 valence electrons. The molecule has 0 aliphatic rings. The lowest BCUT2D eigenvalue weighted by Crippen LogP contribution is -1.82. The highest BCUT2D eigenvalue weighted by molar-refractivity contribution is 5.91. The summed E-state index contributed by atoms with van der Waals surface area (Å²) in [6.45, 7) is 30.1. The molecule has 0 amide bonds. The fraction of sp³-hybridized carbons (Fsp3) is 0.163. The molecule has 0 saturated carbocycles. The maximum atomic E-state index is 2.24. The predicted molar refractivity (Wildman–Crippen MR) is 382 cm³/mol. The van der Waals surface area contributed by atoms with Crippen molar-refractivity contribution in [2.75, 3.05) is 0 Å². The largest absolute Gasteiger partial charge is 0.0620 e. The first-order valence-corrected chi connectivity index (χ1v) is 30.3. The number of fused-ring (bicyclic) bond motifs is 6. The molecule has 0 spiro atoms. The minimum Gasteiger partial charge on any atom is -0.0620 e. The van der Waals surface area contributed by atoms with Crippen LogP contribution in [0.2, 0.25) is 0 Å². The summed E-state index contributed by atoms with van der Waals surface area (Å²) in [5, 5.41) is 16.3. The number of rotatable bonds is 1. The molecular formula is C86H86. The molecule has 0 nitrogen and oxygen atoms in total. The van der Waals surface area contributed by atoms with Crippen molar-refractivity contribution >= 4 is 64.6 Å². The van der Waals surface area contributed by atoms with Gasteiger partial charge in [0.25, 0.3) is 0 Å². The van der Waals surface area contributed by atoms with Gasteiger partial charge in [0, 0.05) is 0 Å². The van der Waals surface area contributed by atoms with Crippen molar-refractivity contribution in [1.82, 2.24) is 0 Å². The Bertz CT molecular complexity index is 4330. The van der Waals surface area contributed by atoms with Crippen LogP contribution in [0.4, 0.5) is 0 Å². The number of hydrogen-bond acceptors (Lipinski definition) is 0. The summed E-state index contributed by atoms with van der Waals surface area (Å²) in [4.78, 5) is 0. The molecule has 0 aliphatic carbocycles. The second kappa shape index (κ2) is 29.9. The molecule has 0 unspecified atom stereocenters. The maximum absolute atomic E-state index is 2.24. The Labute approximate surface area is 514 Å². The lowest BCUT2D eigenvalue weighted by Gasteiger charge is -2.05. The van der Waals surface area contributed by atoms with Gasteiger partial charge < -0.3 is 0 Å². The number of aryl methyl sites for hydroxylation is 14. The van der Waals surface area contributed by atoms with E-state index in [1.54, 1.807) is 0 Å². The Morgan fingerprint density at radius 2 is 0.512 bits per heavy atom. The third-order valence-corrected chi connectivity index (χ3v) is 16.2. The number of benzene rings is 14. The van der Waals surface area contributed by atoms with E-state index in [0.29, 0.717) is 0 Å². The van der Waals surface area contributed by atoms with Crippen molar-refractivity contribution < 1.29 is 0 Å². The SMILES string of the molecule is Cc1cc(C)c2ccccc2c1.Cc1cc2ccccc2cc1C.Cc1ccc(C)c2ccccc12.Cc1ccc2cc(C)ccc2c1.Cc1cccc(-c2ccccc2C)c1.Cc1cccc2c(C)cccc12.Cc1cccc2cccc(C)c12. The average Bonchev–Trinajstić information content (AvgIpc) is 3.49. The third kappa shape index (κ3) is 16.7. The van der Waals surface area contributed by atoms with Crippen molar-refractivity contribution in [3.8, 4) is 11.1 Å². The molecule has 0 N–H and O–H groups in total. The van der Waals surface area contributed by atoms with Gasteiger partial charge >= 0.3 is 0 Å². The van der Waals surface area contributed by atoms with Crippen LogP contribution in [0.5, 0.6) is 0 Å². The van der Waals surface area contributed by atoms with Crippen LogP contribution >= 0.6 is 0 Å². The Morgan fingerprint density at radius 1 is 0.163 bits per heavy atom. The smallest absolute Gasteiger partial charge is 0.0125 e. The summed E-state index contributed by atoms with van der Waals surface area (Å²) < 4.78 is 0. The Kier molecular flexibility index (Phi) is 21.8. The van der Waals surface area contributed by atoms with E-state index in [1.165, 1.54) is 154 Å². The molecule has 0 fully saturated rings. The highest BCUT2D eigenvalue weighted by Crippen LogP contribution is 2.27. The molecule has 14 aromatic carbocycles. The van der Waals surface area contributed by atoms with E-state index in [0.717, 1.165) is 0 Å². The fourth-order valence-electron chi connectivity index (χ4n) is 11.3. The van der Waals surface area contributed by atoms with E-state index in [2.05, 4.69) is 364 Å². The molecule has 0 bridgehead atoms. The zero-order chi connectivity index (χ0) is 61.3. The average molecular weight is 1120 g/mol. The van der Waals surface area contributed by atoms with Gasteiger partial charge in [0.15, 0.2) is 0 Å². The topological polar surface area (TPSA) is 0 Å². The standard InChI is InChI=1S/C14H14.6C12H12/c1-11-6-5-8-13(10-11)14-9-4-3-7-12(14)2;1-9-3-5-12-8-10(2)4-6-11(12)7-9;1-9-5-3-8-12-10(2)6-4-7-11(9)12;1-9-5-3-7-11-8-4-6-10(2)12(9)11;1-9-7-11-5-3-4-6-12(11)8-10(9)2;1-9-7-10(2)12-6-4-3-5-11(12)8-9;1-9-7-8-10(2)12-6-4-3-5-11(9)12/h3-10H,1-2H3;6*3-8H,1-2H3. The lowest BCUT2D eigenvalue weighted by atomic mass is 9.99. The molecule has 14 aromatic rings. The van der Waals surface area contributed by atoms with Crippen LogP contribution in [-0.4, -0.2) is 0 Å². The zero-order valence-corrected chi connectivity index (χ0v) is 53.4. The molecular weight excluding hydrogens is 1030 g/mol. The lowest BCUT2D eigenvalue weighted by molar-refractivity contribution is 1.37. The first-order valence-electron chi connectivity index (χ1n) is 30.3. The summed E-state index contributed by atoms with van der Waals surface area (Å²) in [6, 6.07) is 94.8. The van der Waals surface area contributed by atoms with E-state index in [1.807, 2.05) is 0 Å². The Morgan fingerprint density at radius 3 is 1.00 bits per heavy atom. The van der Waals surface area contributed by atoms with Gasteiger partial charge in [-0.2, -0.15) is 0 Å². The second-order valence-electron chi connectivity index (χ2n) is 23.4. The first kappa shape index (κ1) is 62.7. The van der Waals surface area contributed by atoms with Gasteiger partial charge in [-0.15, -0.1) is 0 Å². The first-order chi connectivity index (χ1) is 41.4. The van der Waals surface area contributed by atoms with Crippen molar-refractivity contribution in [2.24, 2.45) is 0 Å². The summed E-state index contributed by atoms with van der Waals surface area (Å²) in [6.07, 6.45) is 0. The molecule has 0 aromatic heterocycles. The van der Waals surface area contributed by atoms with Crippen LogP contribution in [0, 0.1) is 96.9 Å². The molecule has 0 aliphatic heterocycles. The molecule has 0 heteroatoms. The number of hydrogen-bond donors (Lipinski definition) is 0. The van der Waals surface area contributed by atoms with Crippen LogP contribution in [0.3, 0.4) is 0 Å². The van der Waals surface area contributed by atoms with Crippen LogP contribution in [-0.2, 0) is 0 Å². The second-order valence-corrected chi connectivity index (χ2v) is 23.4. The van der Waals surface area contributed by atoms with Crippen molar-refractivity contribution in [3.63, 3.8) is 0 Å². The highest BCUT2D eigenvalue weighted by Gasteiger charge is 2.03. The van der Waals surface area contributed by atoms with Gasteiger partial charge in [-0.05, 0) is 228 Å². The van der Waals surface area contributed by atoms with Crippen molar-refractivity contribution in [3.05, 3.63) is 345 Å².